The SMILES string of the molecule is COC(C)(C)COc1cnccc1-c1[nH]c2c(c1Nc1cccc(F)c1O)C(=O)NCC2. The van der Waals surface area contributed by atoms with Crippen LogP contribution in [0, 0.1) is 5.82 Å². The van der Waals surface area contributed by atoms with Crippen LogP contribution in [0.15, 0.2) is 36.7 Å². The van der Waals surface area contributed by atoms with Crippen LogP contribution in [0.5, 0.6) is 11.5 Å². The summed E-state index contributed by atoms with van der Waals surface area (Å²) in [4.78, 5) is 20.2. The molecule has 2 aromatic heterocycles. The molecule has 1 aliphatic heterocycles. The van der Waals surface area contributed by atoms with Crippen molar-refractivity contribution in [3.63, 3.8) is 0 Å². The molecule has 1 amide bonds. The fourth-order valence-electron chi connectivity index (χ4n) is 3.47. The molecule has 9 heteroatoms. The van der Waals surface area contributed by atoms with Crippen LogP contribution < -0.4 is 15.4 Å². The smallest absolute Gasteiger partial charge is 0.255 e. The Hall–Kier alpha value is -3.59. The van der Waals surface area contributed by atoms with Crippen molar-refractivity contribution in [1.29, 1.82) is 0 Å². The number of benzene rings is 1. The number of aromatic amines is 1. The summed E-state index contributed by atoms with van der Waals surface area (Å²) in [5, 5.41) is 16.1. The molecular formula is C23H25FN4O4. The molecule has 1 aromatic carbocycles. The Bertz CT molecular complexity index is 1160. The fraction of sp³-hybridized carbons (Fsp3) is 0.304. The van der Waals surface area contributed by atoms with Gasteiger partial charge in [-0.3, -0.25) is 9.78 Å². The number of H-pyrrole nitrogens is 1. The van der Waals surface area contributed by atoms with Crippen molar-refractivity contribution in [3.8, 4) is 22.8 Å². The Kier molecular flexibility index (Phi) is 5.75. The van der Waals surface area contributed by atoms with Gasteiger partial charge in [-0.15, -0.1) is 0 Å². The number of aromatic nitrogens is 2. The number of para-hydroxylation sites is 1. The lowest BCUT2D eigenvalue weighted by atomic mass is 10.0. The Morgan fingerprint density at radius 3 is 2.91 bits per heavy atom. The number of hydrogen-bond donors (Lipinski definition) is 4. The number of amides is 1. The highest BCUT2D eigenvalue weighted by Gasteiger charge is 2.29. The van der Waals surface area contributed by atoms with E-state index in [0.29, 0.717) is 41.2 Å². The van der Waals surface area contributed by atoms with Gasteiger partial charge in [0.15, 0.2) is 11.6 Å². The molecule has 1 aliphatic rings. The summed E-state index contributed by atoms with van der Waals surface area (Å²) in [5.41, 5.74) is 2.42. The van der Waals surface area contributed by atoms with E-state index >= 15 is 0 Å². The largest absolute Gasteiger partial charge is 0.503 e. The molecule has 3 aromatic rings. The minimum absolute atomic E-state index is 0.142. The first kappa shape index (κ1) is 21.6. The van der Waals surface area contributed by atoms with Crippen LogP contribution in [0.25, 0.3) is 11.3 Å². The molecule has 4 N–H and O–H groups in total. The molecule has 0 atom stereocenters. The first-order valence-corrected chi connectivity index (χ1v) is 10.2. The number of hydrogen-bond acceptors (Lipinski definition) is 6. The van der Waals surface area contributed by atoms with Crippen LogP contribution in [0.3, 0.4) is 0 Å². The number of pyridine rings is 1. The van der Waals surface area contributed by atoms with Crippen LogP contribution in [0.4, 0.5) is 15.8 Å². The summed E-state index contributed by atoms with van der Waals surface area (Å²) in [5.74, 6) is -1.06. The molecule has 0 aliphatic carbocycles. The van der Waals surface area contributed by atoms with Gasteiger partial charge >= 0.3 is 0 Å². The van der Waals surface area contributed by atoms with E-state index in [-0.39, 0.29) is 18.2 Å². The Morgan fingerprint density at radius 2 is 2.12 bits per heavy atom. The number of aromatic hydroxyl groups is 1. The summed E-state index contributed by atoms with van der Waals surface area (Å²) in [7, 11) is 1.61. The lowest BCUT2D eigenvalue weighted by molar-refractivity contribution is -0.0146. The molecule has 8 nitrogen and oxygen atoms in total. The molecule has 0 fully saturated rings. The lowest BCUT2D eigenvalue weighted by Gasteiger charge is -2.23. The number of phenolic OH excluding ortho intramolecular Hbond substituents is 1. The number of rotatable bonds is 7. The van der Waals surface area contributed by atoms with E-state index in [4.69, 9.17) is 9.47 Å². The standard InChI is InChI=1S/C23H25FN4O4/c1-23(2,31-3)12-32-17-11-25-9-7-13(17)19-20(18-15(27-19)8-10-26-22(18)30)28-16-6-4-5-14(24)21(16)29/h4-7,9,11,27-29H,8,10,12H2,1-3H3,(H,26,30). The number of ether oxygens (including phenoxy) is 2. The predicted molar refractivity (Wildman–Crippen MR) is 118 cm³/mol. The fourth-order valence-corrected chi connectivity index (χ4v) is 3.47. The molecule has 0 spiro atoms. The minimum atomic E-state index is -0.764. The van der Waals surface area contributed by atoms with Gasteiger partial charge < -0.3 is 30.2 Å². The molecule has 4 rings (SSSR count). The average molecular weight is 440 g/mol. The van der Waals surface area contributed by atoms with Crippen molar-refractivity contribution in [2.24, 2.45) is 0 Å². The number of anilines is 2. The van der Waals surface area contributed by atoms with Gasteiger partial charge in [-0.25, -0.2) is 4.39 Å². The second-order valence-corrected chi connectivity index (χ2v) is 8.12. The number of carbonyl (C=O) groups excluding carboxylic acids is 1. The molecule has 0 saturated carbocycles. The van der Waals surface area contributed by atoms with Crippen molar-refractivity contribution in [2.75, 3.05) is 25.6 Å². The molecule has 0 unspecified atom stereocenters. The molecule has 168 valence electrons. The van der Waals surface area contributed by atoms with Crippen LogP contribution in [-0.2, 0) is 11.2 Å². The Balaban J connectivity index is 1.82. The van der Waals surface area contributed by atoms with E-state index in [1.807, 2.05) is 13.8 Å². The lowest BCUT2D eigenvalue weighted by Crippen LogP contribution is -2.31. The zero-order chi connectivity index (χ0) is 22.9. The summed E-state index contributed by atoms with van der Waals surface area (Å²) in [6.07, 6.45) is 3.81. The van der Waals surface area contributed by atoms with Crippen LogP contribution in [0.1, 0.15) is 29.9 Å². The normalized spacial score (nSPS) is 13.4. The maximum Gasteiger partial charge on any atom is 0.255 e. The monoisotopic (exact) mass is 440 g/mol. The summed E-state index contributed by atoms with van der Waals surface area (Å²) < 4.78 is 25.4. The molecule has 3 heterocycles. The molecule has 32 heavy (non-hydrogen) atoms. The van der Waals surface area contributed by atoms with E-state index in [2.05, 4.69) is 20.6 Å². The zero-order valence-corrected chi connectivity index (χ0v) is 18.1. The third kappa shape index (κ3) is 4.11. The number of fused-ring (bicyclic) bond motifs is 1. The highest BCUT2D eigenvalue weighted by molar-refractivity contribution is 6.06. The first-order valence-electron chi connectivity index (χ1n) is 10.2. The van der Waals surface area contributed by atoms with Gasteiger partial charge in [-0.05, 0) is 32.0 Å². The van der Waals surface area contributed by atoms with Crippen molar-refractivity contribution in [1.82, 2.24) is 15.3 Å². The van der Waals surface area contributed by atoms with Gasteiger partial charge in [-0.1, -0.05) is 6.07 Å². The number of halogens is 1. The van der Waals surface area contributed by atoms with Gasteiger partial charge in [-0.2, -0.15) is 0 Å². The number of nitrogens with one attached hydrogen (secondary N) is 3. The van der Waals surface area contributed by atoms with E-state index in [0.717, 1.165) is 11.8 Å². The number of methoxy groups -OCH3 is 1. The topological polar surface area (TPSA) is 108 Å². The minimum Gasteiger partial charge on any atom is -0.503 e. The van der Waals surface area contributed by atoms with E-state index in [1.165, 1.54) is 12.1 Å². The van der Waals surface area contributed by atoms with E-state index in [9.17, 15) is 14.3 Å². The quantitative estimate of drug-likeness (QED) is 0.417. The van der Waals surface area contributed by atoms with Crippen molar-refractivity contribution >= 4 is 17.3 Å². The van der Waals surface area contributed by atoms with Gasteiger partial charge in [0, 0.05) is 37.5 Å². The van der Waals surface area contributed by atoms with E-state index < -0.39 is 17.2 Å². The van der Waals surface area contributed by atoms with Gasteiger partial charge in [0.05, 0.1) is 34.4 Å². The third-order valence-electron chi connectivity index (χ3n) is 5.39. The second kappa shape index (κ2) is 8.51. The molecule has 0 radical (unpaired) electrons. The third-order valence-corrected chi connectivity index (χ3v) is 5.39. The number of carbonyl (C=O) groups is 1. The highest BCUT2D eigenvalue weighted by atomic mass is 19.1. The van der Waals surface area contributed by atoms with Crippen molar-refractivity contribution in [3.05, 3.63) is 53.7 Å². The van der Waals surface area contributed by atoms with Gasteiger partial charge in [0.25, 0.3) is 5.91 Å². The molecule has 0 bridgehead atoms. The zero-order valence-electron chi connectivity index (χ0n) is 18.1. The second-order valence-electron chi connectivity index (χ2n) is 8.12. The van der Waals surface area contributed by atoms with Gasteiger partial charge in [0.1, 0.15) is 12.4 Å². The molecular weight excluding hydrogens is 415 g/mol. The van der Waals surface area contributed by atoms with Crippen molar-refractivity contribution in [2.45, 2.75) is 25.9 Å². The van der Waals surface area contributed by atoms with Crippen LogP contribution in [-0.4, -0.2) is 46.8 Å². The average Bonchev–Trinajstić information content (AvgIpc) is 3.15. The number of phenols is 1. The number of nitrogens with zero attached hydrogens (tertiary/aromatic N) is 1. The van der Waals surface area contributed by atoms with Crippen LogP contribution in [0.2, 0.25) is 0 Å². The summed E-state index contributed by atoms with van der Waals surface area (Å²) in [6.45, 7) is 4.58. The van der Waals surface area contributed by atoms with E-state index in [1.54, 1.807) is 25.6 Å². The summed E-state index contributed by atoms with van der Waals surface area (Å²) >= 11 is 0. The maximum atomic E-state index is 13.9. The summed E-state index contributed by atoms with van der Waals surface area (Å²) in [6, 6.07) is 5.94. The Morgan fingerprint density at radius 1 is 1.31 bits per heavy atom. The van der Waals surface area contributed by atoms with Crippen molar-refractivity contribution < 1.29 is 23.8 Å². The maximum absolute atomic E-state index is 13.9. The Labute approximate surface area is 184 Å². The predicted octanol–water partition coefficient (Wildman–Crippen LogP) is 3.75. The highest BCUT2D eigenvalue weighted by Crippen LogP contribution is 2.41. The molecule has 0 saturated heterocycles. The van der Waals surface area contributed by atoms with Crippen LogP contribution >= 0.6 is 0 Å². The van der Waals surface area contributed by atoms with Gasteiger partial charge in [0.2, 0.25) is 0 Å². The first-order chi connectivity index (χ1) is 15.3.